The summed E-state index contributed by atoms with van der Waals surface area (Å²) in [5.74, 6) is -0.505. The van der Waals surface area contributed by atoms with Crippen LogP contribution in [-0.4, -0.2) is 29.1 Å². The number of ether oxygens (including phenoxy) is 1. The van der Waals surface area contributed by atoms with Crippen LogP contribution in [-0.2, 0) is 23.0 Å². The Kier molecular flexibility index (Phi) is 2.85. The van der Waals surface area contributed by atoms with Gasteiger partial charge in [-0.2, -0.15) is 0 Å². The van der Waals surface area contributed by atoms with E-state index >= 15 is 0 Å². The molecule has 14 heavy (non-hydrogen) atoms. The van der Waals surface area contributed by atoms with Crippen LogP contribution in [0.15, 0.2) is 4.79 Å². The van der Waals surface area contributed by atoms with Crippen molar-refractivity contribution in [3.05, 3.63) is 21.6 Å². The van der Waals surface area contributed by atoms with Crippen molar-refractivity contribution in [1.82, 2.24) is 9.78 Å². The van der Waals surface area contributed by atoms with E-state index in [9.17, 15) is 14.4 Å². The number of carbonyl (C=O) groups is 2. The molecule has 1 rings (SSSR count). The van der Waals surface area contributed by atoms with E-state index in [-0.39, 0.29) is 17.7 Å². The van der Waals surface area contributed by atoms with Crippen molar-refractivity contribution in [2.45, 2.75) is 6.42 Å². The number of aromatic nitrogens is 2. The molecule has 0 radical (unpaired) electrons. The highest BCUT2D eigenvalue weighted by molar-refractivity contribution is 5.80. The molecule has 1 heterocycles. The summed E-state index contributed by atoms with van der Waals surface area (Å²) >= 11 is 0. The van der Waals surface area contributed by atoms with Crippen molar-refractivity contribution in [2.24, 2.45) is 7.05 Å². The summed E-state index contributed by atoms with van der Waals surface area (Å²) < 4.78 is 5.56. The smallest absolute Gasteiger partial charge is 0.311 e. The molecule has 0 spiro atoms. The van der Waals surface area contributed by atoms with Gasteiger partial charge in [-0.1, -0.05) is 0 Å². The maximum absolute atomic E-state index is 11.2. The highest BCUT2D eigenvalue weighted by Crippen LogP contribution is 1.99. The van der Waals surface area contributed by atoms with Gasteiger partial charge in [-0.25, -0.2) is 0 Å². The number of nitrogens with one attached hydrogen (secondary N) is 1. The van der Waals surface area contributed by atoms with Crippen molar-refractivity contribution in [1.29, 1.82) is 0 Å². The molecule has 0 aliphatic rings. The zero-order valence-electron chi connectivity index (χ0n) is 7.86. The van der Waals surface area contributed by atoms with Crippen molar-refractivity contribution in [2.75, 3.05) is 7.11 Å². The summed E-state index contributed by atoms with van der Waals surface area (Å²) in [5.41, 5.74) is -0.198. The summed E-state index contributed by atoms with van der Waals surface area (Å²) in [6, 6.07) is 0. The molecule has 1 aromatic rings. The molecule has 0 saturated heterocycles. The van der Waals surface area contributed by atoms with Crippen molar-refractivity contribution < 1.29 is 14.3 Å². The SMILES string of the molecule is COC(=O)Cc1[nH]n(C)c(=O)c1C=O. The van der Waals surface area contributed by atoms with Gasteiger partial charge in [-0.3, -0.25) is 24.2 Å². The van der Waals surface area contributed by atoms with Crippen molar-refractivity contribution >= 4 is 12.3 Å². The fourth-order valence-electron chi connectivity index (χ4n) is 1.10. The van der Waals surface area contributed by atoms with E-state index in [0.717, 1.165) is 4.68 Å². The van der Waals surface area contributed by atoms with E-state index in [0.29, 0.717) is 6.29 Å². The third-order valence-electron chi connectivity index (χ3n) is 1.83. The van der Waals surface area contributed by atoms with Crippen LogP contribution < -0.4 is 5.56 Å². The molecule has 76 valence electrons. The number of hydrogen-bond donors (Lipinski definition) is 1. The number of hydrogen-bond acceptors (Lipinski definition) is 4. The van der Waals surface area contributed by atoms with Gasteiger partial charge >= 0.3 is 5.97 Å². The minimum Gasteiger partial charge on any atom is -0.469 e. The van der Waals surface area contributed by atoms with Crippen LogP contribution in [0.1, 0.15) is 16.1 Å². The number of aromatic amines is 1. The lowest BCUT2D eigenvalue weighted by molar-refractivity contribution is -0.139. The molecule has 6 heteroatoms. The first-order valence-corrected chi connectivity index (χ1v) is 3.90. The first-order valence-electron chi connectivity index (χ1n) is 3.90. The Hall–Kier alpha value is -1.85. The number of aryl methyl sites for hydroxylation is 1. The Morgan fingerprint density at radius 1 is 1.64 bits per heavy atom. The summed E-state index contributed by atoms with van der Waals surface area (Å²) in [5, 5.41) is 2.60. The van der Waals surface area contributed by atoms with Crippen LogP contribution in [0.5, 0.6) is 0 Å². The van der Waals surface area contributed by atoms with Crippen LogP contribution in [0.2, 0.25) is 0 Å². The normalized spacial score (nSPS) is 9.86. The molecule has 0 atom stereocenters. The van der Waals surface area contributed by atoms with Crippen LogP contribution in [0.25, 0.3) is 0 Å². The van der Waals surface area contributed by atoms with Gasteiger partial charge in [0, 0.05) is 7.05 Å². The highest BCUT2D eigenvalue weighted by atomic mass is 16.5. The molecule has 6 nitrogen and oxygen atoms in total. The van der Waals surface area contributed by atoms with Gasteiger partial charge in [0.15, 0.2) is 6.29 Å². The minimum atomic E-state index is -0.505. The Balaban J connectivity index is 3.09. The molecule has 0 aliphatic carbocycles. The van der Waals surface area contributed by atoms with E-state index in [1.165, 1.54) is 14.2 Å². The molecular formula is C8H10N2O4. The molecule has 1 N–H and O–H groups in total. The largest absolute Gasteiger partial charge is 0.469 e. The zero-order chi connectivity index (χ0) is 10.7. The first-order chi connectivity index (χ1) is 6.60. The van der Waals surface area contributed by atoms with E-state index < -0.39 is 11.5 Å². The molecule has 0 bridgehead atoms. The average molecular weight is 198 g/mol. The fraction of sp³-hybridized carbons (Fsp3) is 0.375. The number of nitrogens with zero attached hydrogens (tertiary/aromatic N) is 1. The molecule has 0 fully saturated rings. The summed E-state index contributed by atoms with van der Waals surface area (Å²) in [6.07, 6.45) is 0.317. The van der Waals surface area contributed by atoms with Crippen LogP contribution >= 0.6 is 0 Å². The lowest BCUT2D eigenvalue weighted by Gasteiger charge is -1.96. The lowest BCUT2D eigenvalue weighted by atomic mass is 10.2. The number of aldehydes is 1. The first kappa shape index (κ1) is 10.2. The summed E-state index contributed by atoms with van der Waals surface area (Å²) in [7, 11) is 2.71. The lowest BCUT2D eigenvalue weighted by Crippen LogP contribution is -2.14. The van der Waals surface area contributed by atoms with Gasteiger partial charge in [0.2, 0.25) is 0 Å². The number of esters is 1. The minimum absolute atomic E-state index is 0.0297. The van der Waals surface area contributed by atoms with Gasteiger partial charge in [-0.15, -0.1) is 0 Å². The molecule has 0 aliphatic heterocycles. The highest BCUT2D eigenvalue weighted by Gasteiger charge is 2.14. The molecule has 0 unspecified atom stereocenters. The maximum atomic E-state index is 11.2. The van der Waals surface area contributed by atoms with E-state index in [2.05, 4.69) is 9.84 Å². The van der Waals surface area contributed by atoms with E-state index in [1.54, 1.807) is 0 Å². The fourth-order valence-corrected chi connectivity index (χ4v) is 1.10. The predicted molar refractivity (Wildman–Crippen MR) is 47.1 cm³/mol. The van der Waals surface area contributed by atoms with Crippen LogP contribution in [0.3, 0.4) is 0 Å². The van der Waals surface area contributed by atoms with Crippen molar-refractivity contribution in [3.63, 3.8) is 0 Å². The van der Waals surface area contributed by atoms with Gasteiger partial charge in [0.05, 0.1) is 19.2 Å². The van der Waals surface area contributed by atoms with Gasteiger partial charge in [-0.05, 0) is 0 Å². The number of methoxy groups -OCH3 is 1. The average Bonchev–Trinajstić information content (AvgIpc) is 2.42. The van der Waals surface area contributed by atoms with Crippen molar-refractivity contribution in [3.8, 4) is 0 Å². The Morgan fingerprint density at radius 3 is 2.79 bits per heavy atom. The van der Waals surface area contributed by atoms with Gasteiger partial charge in [0.1, 0.15) is 5.56 Å². The van der Waals surface area contributed by atoms with Gasteiger partial charge < -0.3 is 4.74 Å². The molecule has 0 amide bonds. The third kappa shape index (κ3) is 1.73. The molecular weight excluding hydrogens is 188 g/mol. The molecule has 0 aromatic carbocycles. The molecule has 1 aromatic heterocycles. The monoisotopic (exact) mass is 198 g/mol. The van der Waals surface area contributed by atoms with E-state index in [1.807, 2.05) is 0 Å². The zero-order valence-corrected chi connectivity index (χ0v) is 7.86. The summed E-state index contributed by atoms with van der Waals surface area (Å²) in [6.45, 7) is 0. The topological polar surface area (TPSA) is 81.2 Å². The second-order valence-electron chi connectivity index (χ2n) is 2.74. The van der Waals surface area contributed by atoms with Gasteiger partial charge in [0.25, 0.3) is 5.56 Å². The van der Waals surface area contributed by atoms with Crippen LogP contribution in [0, 0.1) is 0 Å². The molecule has 0 saturated carbocycles. The van der Waals surface area contributed by atoms with Crippen LogP contribution in [0.4, 0.5) is 0 Å². The number of H-pyrrole nitrogens is 1. The Morgan fingerprint density at radius 2 is 2.29 bits per heavy atom. The number of rotatable bonds is 3. The van der Waals surface area contributed by atoms with E-state index in [4.69, 9.17) is 0 Å². The summed E-state index contributed by atoms with van der Waals surface area (Å²) in [4.78, 5) is 32.7. The second kappa shape index (κ2) is 3.91. The number of carbonyl (C=O) groups excluding carboxylic acids is 2. The quantitative estimate of drug-likeness (QED) is 0.511. The standard InChI is InChI=1S/C8H10N2O4/c1-10-8(13)5(4-11)6(9-10)3-7(12)14-2/h4,9H,3H2,1-2H3. The third-order valence-corrected chi connectivity index (χ3v) is 1.83. The Labute approximate surface area is 79.5 Å². The maximum Gasteiger partial charge on any atom is 0.311 e. The Bertz CT molecular complexity index is 415. The second-order valence-corrected chi connectivity index (χ2v) is 2.74. The predicted octanol–water partition coefficient (Wildman–Crippen LogP) is -0.759.